The fourth-order valence-electron chi connectivity index (χ4n) is 9.13. The molecule has 9 aromatic carbocycles. The molecule has 55 heavy (non-hydrogen) atoms. The second-order valence-corrected chi connectivity index (χ2v) is 15.5. The number of nitrogens with zero attached hydrogens (tertiary/aromatic N) is 1. The fourth-order valence-corrected chi connectivity index (χ4v) is 10.3. The Balaban J connectivity index is 1.21. The monoisotopic (exact) mass is 717 g/mol. The van der Waals surface area contributed by atoms with Gasteiger partial charge < -0.3 is 4.90 Å². The Kier molecular flexibility index (Phi) is 7.33. The highest BCUT2D eigenvalue weighted by atomic mass is 32.1. The van der Waals surface area contributed by atoms with Crippen LogP contribution in [0.25, 0.3) is 53.2 Å². The van der Waals surface area contributed by atoms with E-state index < -0.39 is 5.41 Å². The molecule has 0 spiro atoms. The maximum atomic E-state index is 2.49. The van der Waals surface area contributed by atoms with Gasteiger partial charge in [-0.15, -0.1) is 11.3 Å². The predicted octanol–water partition coefficient (Wildman–Crippen LogP) is 14.7. The van der Waals surface area contributed by atoms with Gasteiger partial charge in [0.15, 0.2) is 0 Å². The van der Waals surface area contributed by atoms with Crippen LogP contribution in [0.15, 0.2) is 212 Å². The van der Waals surface area contributed by atoms with Gasteiger partial charge in [-0.05, 0) is 92.2 Å². The normalized spacial score (nSPS) is 14.6. The summed E-state index contributed by atoms with van der Waals surface area (Å²) in [4.78, 5) is 2.49. The Labute approximate surface area is 325 Å². The van der Waals surface area contributed by atoms with Gasteiger partial charge in [-0.1, -0.05) is 170 Å². The van der Waals surface area contributed by atoms with Gasteiger partial charge in [0.1, 0.15) is 0 Å². The zero-order valence-electron chi connectivity index (χ0n) is 30.1. The second-order valence-electron chi connectivity index (χ2n) is 14.5. The van der Waals surface area contributed by atoms with Crippen molar-refractivity contribution < 1.29 is 0 Å². The standard InChI is InChI=1S/C53H35NS/c1-3-15-36(16-4-1)38-19-13-22-41(33-38)53(40-20-5-2-6-21-40)47-25-11-9-24-46(47)52-48(53)26-14-27-49(52)54(42-30-29-37-17-7-8-18-39(37)34-42)43-31-32-45-44-23-10-12-28-50(44)55-51(45)35-43/h1-35H. The summed E-state index contributed by atoms with van der Waals surface area (Å²) in [5, 5.41) is 5.06. The van der Waals surface area contributed by atoms with E-state index in [9.17, 15) is 0 Å². The third-order valence-electron chi connectivity index (χ3n) is 11.5. The van der Waals surface area contributed by atoms with Crippen molar-refractivity contribution in [2.75, 3.05) is 4.90 Å². The number of benzene rings is 9. The summed E-state index contributed by atoms with van der Waals surface area (Å²) < 4.78 is 2.60. The van der Waals surface area contributed by atoms with Crippen molar-refractivity contribution in [1.82, 2.24) is 0 Å². The molecule has 0 fully saturated rings. The summed E-state index contributed by atoms with van der Waals surface area (Å²) in [5.74, 6) is 0. The largest absolute Gasteiger partial charge is 0.310 e. The molecule has 1 aliphatic rings. The lowest BCUT2D eigenvalue weighted by Crippen LogP contribution is -2.28. The molecule has 1 nitrogen and oxygen atoms in total. The van der Waals surface area contributed by atoms with E-state index in [1.807, 2.05) is 11.3 Å². The van der Waals surface area contributed by atoms with Crippen LogP contribution in [0.4, 0.5) is 17.1 Å². The van der Waals surface area contributed by atoms with Gasteiger partial charge >= 0.3 is 0 Å². The Bertz CT molecular complexity index is 3050. The molecule has 0 N–H and O–H groups in total. The molecule has 1 heterocycles. The molecule has 0 amide bonds. The summed E-state index contributed by atoms with van der Waals surface area (Å²) in [6, 6.07) is 78.5. The molecule has 0 saturated carbocycles. The van der Waals surface area contributed by atoms with Crippen LogP contribution in [0, 0.1) is 0 Å². The molecule has 11 rings (SSSR count). The molecule has 1 atom stereocenters. The van der Waals surface area contributed by atoms with Crippen molar-refractivity contribution in [2.45, 2.75) is 5.41 Å². The molecule has 0 radical (unpaired) electrons. The van der Waals surface area contributed by atoms with Gasteiger partial charge in [0.2, 0.25) is 0 Å². The smallest absolute Gasteiger partial charge is 0.0714 e. The van der Waals surface area contributed by atoms with E-state index in [4.69, 9.17) is 0 Å². The zero-order chi connectivity index (χ0) is 36.3. The van der Waals surface area contributed by atoms with Crippen molar-refractivity contribution in [3.63, 3.8) is 0 Å². The van der Waals surface area contributed by atoms with Crippen LogP contribution >= 0.6 is 11.3 Å². The molecule has 2 heteroatoms. The van der Waals surface area contributed by atoms with Crippen molar-refractivity contribution in [3.05, 3.63) is 235 Å². The summed E-state index contributed by atoms with van der Waals surface area (Å²) in [5.41, 5.74) is 12.9. The fraction of sp³-hybridized carbons (Fsp3) is 0.0189. The SMILES string of the molecule is c1ccc(-c2cccc(C3(c4ccccc4)c4ccccc4-c4c(N(c5ccc6ccccc6c5)c5ccc6c(c5)sc5ccccc56)cccc43)c2)cc1. The van der Waals surface area contributed by atoms with Crippen LogP contribution in [-0.4, -0.2) is 0 Å². The Morgan fingerprint density at radius 2 is 1.02 bits per heavy atom. The van der Waals surface area contributed by atoms with E-state index in [0.29, 0.717) is 0 Å². The average Bonchev–Trinajstić information content (AvgIpc) is 3.78. The van der Waals surface area contributed by atoms with Crippen molar-refractivity contribution >= 4 is 59.3 Å². The van der Waals surface area contributed by atoms with E-state index in [0.717, 1.165) is 17.1 Å². The van der Waals surface area contributed by atoms with Gasteiger partial charge in [0.05, 0.1) is 11.1 Å². The molecule has 10 aromatic rings. The van der Waals surface area contributed by atoms with Crippen LogP contribution < -0.4 is 4.90 Å². The lowest BCUT2D eigenvalue weighted by atomic mass is 9.67. The highest BCUT2D eigenvalue weighted by Gasteiger charge is 2.47. The quantitative estimate of drug-likeness (QED) is 0.166. The van der Waals surface area contributed by atoms with Crippen LogP contribution in [0.1, 0.15) is 22.3 Å². The first-order valence-electron chi connectivity index (χ1n) is 18.9. The van der Waals surface area contributed by atoms with Gasteiger partial charge in [0, 0.05) is 37.1 Å². The lowest BCUT2D eigenvalue weighted by molar-refractivity contribution is 0.769. The molecule has 1 aromatic heterocycles. The molecule has 258 valence electrons. The van der Waals surface area contributed by atoms with Crippen LogP contribution in [-0.2, 0) is 5.41 Å². The molecular weight excluding hydrogens is 683 g/mol. The topological polar surface area (TPSA) is 3.24 Å². The minimum absolute atomic E-state index is 0.543. The third-order valence-corrected chi connectivity index (χ3v) is 12.6. The lowest BCUT2D eigenvalue weighted by Gasteiger charge is -2.35. The van der Waals surface area contributed by atoms with Crippen molar-refractivity contribution in [2.24, 2.45) is 0 Å². The number of hydrogen-bond donors (Lipinski definition) is 0. The first-order valence-corrected chi connectivity index (χ1v) is 19.7. The van der Waals surface area contributed by atoms with Crippen LogP contribution in [0.3, 0.4) is 0 Å². The van der Waals surface area contributed by atoms with Crippen LogP contribution in [0.2, 0.25) is 0 Å². The Hall–Kier alpha value is -6.74. The van der Waals surface area contributed by atoms with Gasteiger partial charge in [-0.3, -0.25) is 0 Å². The number of fused-ring (bicyclic) bond motifs is 7. The number of thiophene rings is 1. The number of anilines is 3. The van der Waals surface area contributed by atoms with E-state index in [-0.39, 0.29) is 0 Å². The van der Waals surface area contributed by atoms with E-state index >= 15 is 0 Å². The summed E-state index contributed by atoms with van der Waals surface area (Å²) in [6.45, 7) is 0. The van der Waals surface area contributed by atoms with Crippen molar-refractivity contribution in [3.8, 4) is 22.3 Å². The van der Waals surface area contributed by atoms with Crippen LogP contribution in [0.5, 0.6) is 0 Å². The minimum Gasteiger partial charge on any atom is -0.310 e. The molecule has 0 aliphatic heterocycles. The van der Waals surface area contributed by atoms with Gasteiger partial charge in [-0.2, -0.15) is 0 Å². The highest BCUT2D eigenvalue weighted by molar-refractivity contribution is 7.25. The van der Waals surface area contributed by atoms with Gasteiger partial charge in [-0.25, -0.2) is 0 Å². The molecular formula is C53H35NS. The van der Waals surface area contributed by atoms with E-state index in [1.165, 1.54) is 75.5 Å². The summed E-state index contributed by atoms with van der Waals surface area (Å²) >= 11 is 1.87. The Morgan fingerprint density at radius 1 is 0.382 bits per heavy atom. The highest BCUT2D eigenvalue weighted by Crippen LogP contribution is 2.60. The average molecular weight is 718 g/mol. The van der Waals surface area contributed by atoms with E-state index in [1.54, 1.807) is 0 Å². The molecule has 1 aliphatic carbocycles. The van der Waals surface area contributed by atoms with Crippen molar-refractivity contribution in [1.29, 1.82) is 0 Å². The second kappa shape index (κ2) is 12.7. The number of rotatable bonds is 6. The maximum absolute atomic E-state index is 2.49. The maximum Gasteiger partial charge on any atom is 0.0714 e. The molecule has 0 bridgehead atoms. The third kappa shape index (κ3) is 4.92. The summed E-state index contributed by atoms with van der Waals surface area (Å²) in [6.07, 6.45) is 0. The Morgan fingerprint density at radius 3 is 1.91 bits per heavy atom. The minimum atomic E-state index is -0.543. The van der Waals surface area contributed by atoms with E-state index in [2.05, 4.69) is 217 Å². The first kappa shape index (κ1) is 31.8. The zero-order valence-corrected chi connectivity index (χ0v) is 30.9. The number of hydrogen-bond acceptors (Lipinski definition) is 2. The predicted molar refractivity (Wildman–Crippen MR) is 234 cm³/mol. The molecule has 0 saturated heterocycles. The van der Waals surface area contributed by atoms with Gasteiger partial charge in [0.25, 0.3) is 0 Å². The summed E-state index contributed by atoms with van der Waals surface area (Å²) in [7, 11) is 0. The molecule has 1 unspecified atom stereocenters. The first-order chi connectivity index (χ1) is 27.3.